The Hall–Kier alpha value is -3.44. The summed E-state index contributed by atoms with van der Waals surface area (Å²) in [6.45, 7) is 1.59. The van der Waals surface area contributed by atoms with E-state index in [9.17, 15) is 4.79 Å². The van der Waals surface area contributed by atoms with Crippen LogP contribution in [0.3, 0.4) is 0 Å². The van der Waals surface area contributed by atoms with Crippen LogP contribution in [0.25, 0.3) is 22.0 Å². The predicted molar refractivity (Wildman–Crippen MR) is 129 cm³/mol. The van der Waals surface area contributed by atoms with Crippen molar-refractivity contribution in [2.45, 2.75) is 18.9 Å². The van der Waals surface area contributed by atoms with E-state index in [0.717, 1.165) is 41.7 Å². The summed E-state index contributed by atoms with van der Waals surface area (Å²) >= 11 is 0. The zero-order valence-corrected chi connectivity index (χ0v) is 18.6. The molecule has 162 valence electrons. The Balaban J connectivity index is 1.44. The molecule has 1 amide bonds. The molecule has 1 aliphatic heterocycles. The first-order chi connectivity index (χ1) is 15.6. The monoisotopic (exact) mass is 424 g/mol. The largest absolute Gasteiger partial charge is 0.337 e. The van der Waals surface area contributed by atoms with Gasteiger partial charge in [0, 0.05) is 36.5 Å². The molecule has 5 heteroatoms. The van der Waals surface area contributed by atoms with E-state index in [1.54, 1.807) is 0 Å². The third-order valence-electron chi connectivity index (χ3n) is 6.53. The van der Waals surface area contributed by atoms with Crippen molar-refractivity contribution < 1.29 is 4.79 Å². The number of rotatable bonds is 5. The highest BCUT2D eigenvalue weighted by atomic mass is 16.2. The molecule has 2 heterocycles. The second-order valence-corrected chi connectivity index (χ2v) is 8.79. The van der Waals surface area contributed by atoms with Crippen molar-refractivity contribution in [1.29, 1.82) is 0 Å². The van der Waals surface area contributed by atoms with Crippen molar-refractivity contribution in [2.24, 2.45) is 0 Å². The molecule has 1 fully saturated rings. The summed E-state index contributed by atoms with van der Waals surface area (Å²) in [4.78, 5) is 17.3. The van der Waals surface area contributed by atoms with Gasteiger partial charge in [-0.25, -0.2) is 0 Å². The van der Waals surface area contributed by atoms with Crippen molar-refractivity contribution in [3.8, 4) is 11.1 Å². The molecule has 32 heavy (non-hydrogen) atoms. The number of hydrogen-bond acceptors (Lipinski definition) is 3. The third kappa shape index (κ3) is 3.92. The number of carbonyl (C=O) groups is 1. The van der Waals surface area contributed by atoms with E-state index < -0.39 is 0 Å². The van der Waals surface area contributed by atoms with E-state index in [1.165, 1.54) is 16.7 Å². The summed E-state index contributed by atoms with van der Waals surface area (Å²) in [6, 6.07) is 25.2. The molecule has 3 aromatic carbocycles. The van der Waals surface area contributed by atoms with E-state index in [-0.39, 0.29) is 5.91 Å². The number of hydrogen-bond donors (Lipinski definition) is 1. The maximum atomic E-state index is 13.2. The van der Waals surface area contributed by atoms with Gasteiger partial charge in [0.1, 0.15) is 0 Å². The summed E-state index contributed by atoms with van der Waals surface area (Å²) < 4.78 is 0. The van der Waals surface area contributed by atoms with Gasteiger partial charge in [-0.2, -0.15) is 5.10 Å². The molecule has 0 saturated carbocycles. The number of amides is 1. The van der Waals surface area contributed by atoms with Crippen molar-refractivity contribution in [3.05, 3.63) is 89.6 Å². The fourth-order valence-electron chi connectivity index (χ4n) is 4.62. The van der Waals surface area contributed by atoms with Gasteiger partial charge in [-0.1, -0.05) is 54.6 Å². The van der Waals surface area contributed by atoms with Crippen LogP contribution in [-0.4, -0.2) is 59.1 Å². The number of benzene rings is 3. The number of carbonyl (C=O) groups excluding carboxylic acids is 1. The highest BCUT2D eigenvalue weighted by Crippen LogP contribution is 2.28. The van der Waals surface area contributed by atoms with Gasteiger partial charge in [-0.3, -0.25) is 9.89 Å². The molecule has 5 nitrogen and oxygen atoms in total. The van der Waals surface area contributed by atoms with Crippen molar-refractivity contribution in [2.75, 3.05) is 27.2 Å². The van der Waals surface area contributed by atoms with Gasteiger partial charge in [-0.15, -0.1) is 0 Å². The first-order valence-electron chi connectivity index (χ1n) is 11.2. The highest BCUT2D eigenvalue weighted by Gasteiger charge is 2.28. The van der Waals surface area contributed by atoms with Gasteiger partial charge in [0.15, 0.2) is 0 Å². The molecule has 0 bridgehead atoms. The van der Waals surface area contributed by atoms with Gasteiger partial charge < -0.3 is 9.80 Å². The first-order valence-corrected chi connectivity index (χ1v) is 11.2. The Labute approximate surface area is 188 Å². The summed E-state index contributed by atoms with van der Waals surface area (Å²) in [5.41, 5.74) is 6.28. The van der Waals surface area contributed by atoms with Crippen LogP contribution in [0.15, 0.2) is 72.8 Å². The van der Waals surface area contributed by atoms with E-state index in [4.69, 9.17) is 0 Å². The Morgan fingerprint density at radius 2 is 1.84 bits per heavy atom. The Kier molecular flexibility index (Phi) is 5.50. The number of aromatic nitrogens is 2. The van der Waals surface area contributed by atoms with Crippen molar-refractivity contribution in [3.63, 3.8) is 0 Å². The summed E-state index contributed by atoms with van der Waals surface area (Å²) in [5, 5.41) is 8.76. The third-order valence-corrected chi connectivity index (χ3v) is 6.53. The van der Waals surface area contributed by atoms with Crippen LogP contribution in [0.1, 0.15) is 28.0 Å². The van der Waals surface area contributed by atoms with E-state index >= 15 is 0 Å². The minimum Gasteiger partial charge on any atom is -0.337 e. The minimum atomic E-state index is 0.105. The normalized spacial score (nSPS) is 16.2. The minimum absolute atomic E-state index is 0.105. The standard InChI is InChI=1S/C27H28N4O/c1-30(2)22-14-15-31(18-22)27(32)21-12-13-25-24(16-21)26(29-28-25)17-20-10-6-7-11-23(20)19-8-4-3-5-9-19/h3-13,16,22H,14-15,17-18H2,1-2H3,(H,28,29)/t22-/m0/s1. The van der Waals surface area contributed by atoms with Crippen LogP contribution in [0.5, 0.6) is 0 Å². The SMILES string of the molecule is CN(C)[C@H]1CCN(C(=O)c2ccc3[nH]nc(Cc4ccccc4-c4ccccc4)c3c2)C1. The molecule has 0 spiro atoms. The van der Waals surface area contributed by atoms with Crippen LogP contribution in [0.4, 0.5) is 0 Å². The Morgan fingerprint density at radius 3 is 2.62 bits per heavy atom. The number of fused-ring (bicyclic) bond motifs is 1. The molecular formula is C27H28N4O. The van der Waals surface area contributed by atoms with Crippen LogP contribution in [0.2, 0.25) is 0 Å². The quantitative estimate of drug-likeness (QED) is 0.510. The second kappa shape index (κ2) is 8.60. The average molecular weight is 425 g/mol. The van der Waals surface area contributed by atoms with Crippen LogP contribution >= 0.6 is 0 Å². The van der Waals surface area contributed by atoms with Gasteiger partial charge in [0.2, 0.25) is 0 Å². The molecule has 5 rings (SSSR count). The number of likely N-dealkylation sites (N-methyl/N-ethyl adjacent to an activating group) is 1. The highest BCUT2D eigenvalue weighted by molar-refractivity contribution is 5.98. The molecule has 0 radical (unpaired) electrons. The number of nitrogens with zero attached hydrogens (tertiary/aromatic N) is 3. The van der Waals surface area contributed by atoms with Gasteiger partial charge >= 0.3 is 0 Å². The van der Waals surface area contributed by atoms with Crippen LogP contribution < -0.4 is 0 Å². The number of aromatic amines is 1. The van der Waals surface area contributed by atoms with Crippen molar-refractivity contribution >= 4 is 16.8 Å². The summed E-state index contributed by atoms with van der Waals surface area (Å²) in [7, 11) is 4.16. The summed E-state index contributed by atoms with van der Waals surface area (Å²) in [6.07, 6.45) is 1.73. The zero-order chi connectivity index (χ0) is 22.1. The zero-order valence-electron chi connectivity index (χ0n) is 18.6. The Bertz CT molecular complexity index is 1250. The van der Waals surface area contributed by atoms with Crippen LogP contribution in [-0.2, 0) is 6.42 Å². The second-order valence-electron chi connectivity index (χ2n) is 8.79. The smallest absolute Gasteiger partial charge is 0.253 e. The summed E-state index contributed by atoms with van der Waals surface area (Å²) in [5.74, 6) is 0.105. The average Bonchev–Trinajstić information content (AvgIpc) is 3.47. The molecule has 1 saturated heterocycles. The molecule has 1 aliphatic rings. The lowest BCUT2D eigenvalue weighted by molar-refractivity contribution is 0.0783. The topological polar surface area (TPSA) is 52.2 Å². The van der Waals surface area contributed by atoms with E-state index in [2.05, 4.69) is 77.7 Å². The predicted octanol–water partition coefficient (Wildman–Crippen LogP) is 4.60. The fourth-order valence-corrected chi connectivity index (χ4v) is 4.62. The lowest BCUT2D eigenvalue weighted by Gasteiger charge is -2.20. The van der Waals surface area contributed by atoms with Gasteiger partial charge in [0.25, 0.3) is 5.91 Å². The number of nitrogens with one attached hydrogen (secondary N) is 1. The molecule has 1 aromatic heterocycles. The number of likely N-dealkylation sites (tertiary alicyclic amines) is 1. The number of H-pyrrole nitrogens is 1. The maximum absolute atomic E-state index is 13.2. The lowest BCUT2D eigenvalue weighted by atomic mass is 9.96. The molecule has 1 N–H and O–H groups in total. The van der Waals surface area contributed by atoms with Crippen LogP contribution in [0, 0.1) is 0 Å². The van der Waals surface area contributed by atoms with E-state index in [1.807, 2.05) is 29.2 Å². The lowest BCUT2D eigenvalue weighted by Crippen LogP contribution is -2.34. The van der Waals surface area contributed by atoms with E-state index in [0.29, 0.717) is 12.5 Å². The molecule has 1 atom stereocenters. The molecule has 4 aromatic rings. The molecule has 0 aliphatic carbocycles. The molecule has 0 unspecified atom stereocenters. The fraction of sp³-hybridized carbons (Fsp3) is 0.259. The van der Waals surface area contributed by atoms with Crippen molar-refractivity contribution in [1.82, 2.24) is 20.0 Å². The molecular weight excluding hydrogens is 396 g/mol. The Morgan fingerprint density at radius 1 is 1.06 bits per heavy atom. The maximum Gasteiger partial charge on any atom is 0.253 e. The van der Waals surface area contributed by atoms with Gasteiger partial charge in [0.05, 0.1) is 11.2 Å². The first kappa shape index (κ1) is 20.5. The van der Waals surface area contributed by atoms with Gasteiger partial charge in [-0.05, 0) is 55.4 Å².